The molecule has 2 aromatic heterocycles. The van der Waals surface area contributed by atoms with Crippen LogP contribution in [-0.4, -0.2) is 0 Å². The van der Waals surface area contributed by atoms with Crippen LogP contribution < -0.4 is 9.80 Å². The van der Waals surface area contributed by atoms with Gasteiger partial charge in [0.05, 0.1) is 0 Å². The van der Waals surface area contributed by atoms with E-state index in [1.54, 1.807) is 0 Å². The molecule has 2 heterocycles. The van der Waals surface area contributed by atoms with Gasteiger partial charge in [-0.2, -0.15) is 0 Å². The van der Waals surface area contributed by atoms with Crippen molar-refractivity contribution in [3.8, 4) is 11.1 Å². The molecular formula is C48H32N2O2. The van der Waals surface area contributed by atoms with Crippen LogP contribution in [0.5, 0.6) is 0 Å². The summed E-state index contributed by atoms with van der Waals surface area (Å²) in [6.07, 6.45) is 0. The van der Waals surface area contributed by atoms with Crippen LogP contribution in [0.2, 0.25) is 0 Å². The summed E-state index contributed by atoms with van der Waals surface area (Å²) in [6, 6.07) is 67.8. The normalized spacial score (nSPS) is 11.5. The molecule has 4 heteroatoms. The summed E-state index contributed by atoms with van der Waals surface area (Å²) >= 11 is 0. The molecule has 0 spiro atoms. The van der Waals surface area contributed by atoms with E-state index in [2.05, 4.69) is 174 Å². The fourth-order valence-corrected chi connectivity index (χ4v) is 7.37. The monoisotopic (exact) mass is 668 g/mol. The van der Waals surface area contributed by atoms with Crippen molar-refractivity contribution < 1.29 is 8.83 Å². The van der Waals surface area contributed by atoms with Gasteiger partial charge in [-0.3, -0.25) is 0 Å². The standard InChI is InChI=1S/C48H32N2O2/c1-4-12-33(13-5-1)34-20-22-37(23-21-34)50(39-24-27-42-41-18-10-11-19-45(41)51-47(42)31-39)40-25-28-43-44-30-38(26-29-46(44)52-48(43)32-40)49(35-14-6-2-7-15-35)36-16-8-3-9-17-36/h1-32H. The van der Waals surface area contributed by atoms with Gasteiger partial charge in [-0.15, -0.1) is 0 Å². The summed E-state index contributed by atoms with van der Waals surface area (Å²) in [5.74, 6) is 0. The smallest absolute Gasteiger partial charge is 0.137 e. The van der Waals surface area contributed by atoms with Gasteiger partial charge < -0.3 is 18.6 Å². The number of hydrogen-bond donors (Lipinski definition) is 0. The molecule has 0 atom stereocenters. The lowest BCUT2D eigenvalue weighted by atomic mass is 10.0. The third-order valence-corrected chi connectivity index (χ3v) is 9.84. The second kappa shape index (κ2) is 12.4. The van der Waals surface area contributed by atoms with Gasteiger partial charge in [-0.1, -0.05) is 97.1 Å². The van der Waals surface area contributed by atoms with Gasteiger partial charge in [0, 0.05) is 67.8 Å². The molecule has 0 aliphatic carbocycles. The highest BCUT2D eigenvalue weighted by Crippen LogP contribution is 2.43. The first-order valence-electron chi connectivity index (χ1n) is 17.5. The van der Waals surface area contributed by atoms with E-state index in [-0.39, 0.29) is 0 Å². The summed E-state index contributed by atoms with van der Waals surface area (Å²) in [5.41, 5.74) is 12.0. The summed E-state index contributed by atoms with van der Waals surface area (Å²) in [5, 5.41) is 4.35. The highest BCUT2D eigenvalue weighted by Gasteiger charge is 2.19. The molecule has 10 rings (SSSR count). The molecule has 0 N–H and O–H groups in total. The number of fused-ring (bicyclic) bond motifs is 6. The van der Waals surface area contributed by atoms with Crippen LogP contribution in [0.3, 0.4) is 0 Å². The highest BCUT2D eigenvalue weighted by atomic mass is 16.3. The fourth-order valence-electron chi connectivity index (χ4n) is 7.37. The topological polar surface area (TPSA) is 32.8 Å². The molecule has 10 aromatic rings. The second-order valence-electron chi connectivity index (χ2n) is 13.0. The lowest BCUT2D eigenvalue weighted by Gasteiger charge is -2.25. The van der Waals surface area contributed by atoms with Crippen LogP contribution in [0.4, 0.5) is 34.1 Å². The number of hydrogen-bond acceptors (Lipinski definition) is 4. The van der Waals surface area contributed by atoms with Crippen LogP contribution >= 0.6 is 0 Å². The maximum Gasteiger partial charge on any atom is 0.137 e. The van der Waals surface area contributed by atoms with E-state index in [0.717, 1.165) is 78.0 Å². The maximum absolute atomic E-state index is 6.58. The Hall–Kier alpha value is -7.04. The maximum atomic E-state index is 6.58. The van der Waals surface area contributed by atoms with Gasteiger partial charge in [0.25, 0.3) is 0 Å². The number of benzene rings is 8. The van der Waals surface area contributed by atoms with Crippen LogP contribution in [0.1, 0.15) is 0 Å². The molecule has 0 saturated carbocycles. The van der Waals surface area contributed by atoms with Crippen molar-refractivity contribution in [3.05, 3.63) is 194 Å². The molecule has 4 nitrogen and oxygen atoms in total. The van der Waals surface area contributed by atoms with E-state index >= 15 is 0 Å². The number of furan rings is 2. The first-order valence-corrected chi connectivity index (χ1v) is 17.5. The quantitative estimate of drug-likeness (QED) is 0.169. The first-order chi connectivity index (χ1) is 25.8. The van der Waals surface area contributed by atoms with Gasteiger partial charge in [0.2, 0.25) is 0 Å². The van der Waals surface area contributed by atoms with Gasteiger partial charge >= 0.3 is 0 Å². The average molecular weight is 669 g/mol. The van der Waals surface area contributed by atoms with Crippen molar-refractivity contribution in [2.24, 2.45) is 0 Å². The molecule has 0 radical (unpaired) electrons. The molecule has 0 saturated heterocycles. The predicted molar refractivity (Wildman–Crippen MR) is 216 cm³/mol. The average Bonchev–Trinajstić information content (AvgIpc) is 3.77. The largest absolute Gasteiger partial charge is 0.456 e. The van der Waals surface area contributed by atoms with Crippen molar-refractivity contribution in [2.45, 2.75) is 0 Å². The van der Waals surface area contributed by atoms with Crippen LogP contribution in [-0.2, 0) is 0 Å². The van der Waals surface area contributed by atoms with Gasteiger partial charge in [-0.05, 0) is 96.1 Å². The minimum atomic E-state index is 0.825. The van der Waals surface area contributed by atoms with Crippen LogP contribution in [0.15, 0.2) is 203 Å². The Bertz CT molecular complexity index is 2800. The van der Waals surface area contributed by atoms with Crippen molar-refractivity contribution in [3.63, 3.8) is 0 Å². The number of rotatable bonds is 7. The van der Waals surface area contributed by atoms with E-state index in [1.165, 1.54) is 11.1 Å². The van der Waals surface area contributed by atoms with E-state index < -0.39 is 0 Å². The molecule has 0 bridgehead atoms. The Morgan fingerprint density at radius 2 is 0.654 bits per heavy atom. The number of anilines is 6. The van der Waals surface area contributed by atoms with E-state index in [4.69, 9.17) is 8.83 Å². The van der Waals surface area contributed by atoms with Gasteiger partial charge in [0.1, 0.15) is 22.3 Å². The molecule has 0 aliphatic heterocycles. The Balaban J connectivity index is 1.10. The molecule has 246 valence electrons. The van der Waals surface area contributed by atoms with Gasteiger partial charge in [-0.25, -0.2) is 0 Å². The zero-order chi connectivity index (χ0) is 34.4. The predicted octanol–water partition coefficient (Wildman–Crippen LogP) is 14.1. The summed E-state index contributed by atoms with van der Waals surface area (Å²) < 4.78 is 12.9. The molecular weight excluding hydrogens is 637 g/mol. The van der Waals surface area contributed by atoms with Crippen LogP contribution in [0, 0.1) is 0 Å². The zero-order valence-electron chi connectivity index (χ0n) is 28.2. The van der Waals surface area contributed by atoms with Gasteiger partial charge in [0.15, 0.2) is 0 Å². The molecule has 0 aliphatic rings. The Morgan fingerprint density at radius 1 is 0.250 bits per heavy atom. The van der Waals surface area contributed by atoms with Crippen molar-refractivity contribution in [2.75, 3.05) is 9.80 Å². The van der Waals surface area contributed by atoms with E-state index in [9.17, 15) is 0 Å². The number of nitrogens with zero attached hydrogens (tertiary/aromatic N) is 2. The SMILES string of the molecule is c1ccc(-c2ccc(N(c3ccc4c(c3)oc3ccccc34)c3ccc4c(c3)oc3ccc(N(c5ccccc5)c5ccccc5)cc34)cc2)cc1. The molecule has 0 amide bonds. The second-order valence-corrected chi connectivity index (χ2v) is 13.0. The molecule has 0 unspecified atom stereocenters. The minimum Gasteiger partial charge on any atom is -0.456 e. The van der Waals surface area contributed by atoms with Crippen LogP contribution in [0.25, 0.3) is 55.0 Å². The Kier molecular flexibility index (Phi) is 7.10. The minimum absolute atomic E-state index is 0.825. The summed E-state index contributed by atoms with van der Waals surface area (Å²) in [6.45, 7) is 0. The third-order valence-electron chi connectivity index (χ3n) is 9.84. The van der Waals surface area contributed by atoms with Crippen molar-refractivity contribution in [1.82, 2.24) is 0 Å². The summed E-state index contributed by atoms with van der Waals surface area (Å²) in [4.78, 5) is 4.55. The Labute approximate surface area is 301 Å². The lowest BCUT2D eigenvalue weighted by Crippen LogP contribution is -2.09. The molecule has 52 heavy (non-hydrogen) atoms. The fraction of sp³-hybridized carbons (Fsp3) is 0. The van der Waals surface area contributed by atoms with E-state index in [1.807, 2.05) is 30.3 Å². The Morgan fingerprint density at radius 3 is 1.29 bits per heavy atom. The summed E-state index contributed by atoms with van der Waals surface area (Å²) in [7, 11) is 0. The zero-order valence-corrected chi connectivity index (χ0v) is 28.2. The lowest BCUT2D eigenvalue weighted by molar-refractivity contribution is 0.669. The highest BCUT2D eigenvalue weighted by molar-refractivity contribution is 6.09. The van der Waals surface area contributed by atoms with Crippen molar-refractivity contribution >= 4 is 78.0 Å². The number of para-hydroxylation sites is 3. The third kappa shape index (κ3) is 5.17. The molecule has 0 fully saturated rings. The van der Waals surface area contributed by atoms with Crippen molar-refractivity contribution in [1.29, 1.82) is 0 Å². The first kappa shape index (κ1) is 29.8. The van der Waals surface area contributed by atoms with E-state index in [0.29, 0.717) is 0 Å². The molecule has 8 aromatic carbocycles.